The van der Waals surface area contributed by atoms with Crippen molar-refractivity contribution in [2.24, 2.45) is 4.99 Å². The van der Waals surface area contributed by atoms with Crippen molar-refractivity contribution >= 4 is 44.3 Å². The van der Waals surface area contributed by atoms with Crippen LogP contribution in [0.25, 0.3) is 0 Å². The Bertz CT molecular complexity index is 1260. The van der Waals surface area contributed by atoms with Crippen molar-refractivity contribution in [1.29, 1.82) is 5.26 Å². The number of amidine groups is 1. The van der Waals surface area contributed by atoms with Crippen LogP contribution < -0.4 is 5.32 Å². The number of fused-ring (bicyclic) bond motifs is 2. The fraction of sp³-hybridized carbons (Fsp3) is 0.0588. The molecule has 2 aromatic rings. The van der Waals surface area contributed by atoms with Crippen LogP contribution in [0, 0.1) is 11.5 Å². The molecule has 0 spiro atoms. The van der Waals surface area contributed by atoms with E-state index in [1.54, 1.807) is 6.19 Å². The average Bonchev–Trinajstić information content (AvgIpc) is 2.66. The number of thioether (sulfide) groups is 1. The van der Waals surface area contributed by atoms with Crippen LogP contribution in [0.2, 0.25) is 0 Å². The minimum Gasteiger partial charge on any atom is -0.744 e. The first-order valence-electron chi connectivity index (χ1n) is 7.67. The second-order valence-corrected chi connectivity index (χ2v) is 7.75. The Labute approximate surface area is 168 Å². The normalized spacial score (nSPS) is 13.5. The standard InChI is InChI=1S/C17H11N3O7S2/c1-28-17(19-6-18)20-11-9-10(14(23)16(15(11)24)29(25,26)27)13(22)8-5-3-2-4-7(8)12(9)21/h2-5,23-24H,1H3,(H,19,20)(H,25,26,27)/p-1. The second kappa shape index (κ2) is 7.21. The van der Waals surface area contributed by atoms with E-state index in [1.165, 1.54) is 30.5 Å². The van der Waals surface area contributed by atoms with Gasteiger partial charge in [0.1, 0.15) is 26.5 Å². The predicted octanol–water partition coefficient (Wildman–Crippen LogP) is 1.20. The van der Waals surface area contributed by atoms with Crippen LogP contribution in [-0.4, -0.2) is 46.2 Å². The molecular formula is C17H10N3O7S2-. The molecule has 0 bridgehead atoms. The van der Waals surface area contributed by atoms with Gasteiger partial charge in [0.25, 0.3) is 0 Å². The van der Waals surface area contributed by atoms with Gasteiger partial charge < -0.3 is 14.8 Å². The number of nitrogens with zero attached hydrogens (tertiary/aromatic N) is 2. The third kappa shape index (κ3) is 3.21. The molecule has 0 atom stereocenters. The lowest BCUT2D eigenvalue weighted by molar-refractivity contribution is 0.0976. The third-order valence-corrected chi connectivity index (χ3v) is 5.53. The van der Waals surface area contributed by atoms with Crippen molar-refractivity contribution < 1.29 is 32.8 Å². The van der Waals surface area contributed by atoms with Crippen molar-refractivity contribution in [1.82, 2.24) is 5.32 Å². The smallest absolute Gasteiger partial charge is 0.198 e. The molecule has 0 unspecified atom stereocenters. The summed E-state index contributed by atoms with van der Waals surface area (Å²) in [6.45, 7) is 0. The van der Waals surface area contributed by atoms with E-state index in [0.717, 1.165) is 11.8 Å². The number of phenolic OH excluding ortho intramolecular Hbond substituents is 2. The number of ketones is 2. The monoisotopic (exact) mass is 432 g/mol. The molecule has 0 radical (unpaired) electrons. The Morgan fingerprint density at radius 1 is 1.14 bits per heavy atom. The quantitative estimate of drug-likeness (QED) is 0.175. The molecule has 3 rings (SSSR count). The maximum atomic E-state index is 13.0. The van der Waals surface area contributed by atoms with Crippen molar-refractivity contribution in [2.45, 2.75) is 4.90 Å². The first-order chi connectivity index (χ1) is 13.6. The summed E-state index contributed by atoms with van der Waals surface area (Å²) >= 11 is 0.873. The SMILES string of the molecule is CSC(=Nc1c(O)c(S(=O)(=O)[O-])c(O)c2c1C(=O)c1ccccc1C2=O)NC#N. The van der Waals surface area contributed by atoms with E-state index in [1.807, 2.05) is 0 Å². The van der Waals surface area contributed by atoms with Gasteiger partial charge in [-0.1, -0.05) is 36.0 Å². The van der Waals surface area contributed by atoms with E-state index < -0.39 is 54.9 Å². The number of carbonyl (C=O) groups excluding carboxylic acids is 2. The Hall–Kier alpha value is -3.40. The lowest BCUT2D eigenvalue weighted by atomic mass is 9.82. The summed E-state index contributed by atoms with van der Waals surface area (Å²) in [6, 6.07) is 5.57. The Morgan fingerprint density at radius 2 is 1.69 bits per heavy atom. The number of nitrogens with one attached hydrogen (secondary N) is 1. The number of phenols is 2. The van der Waals surface area contributed by atoms with Gasteiger partial charge in [-0.25, -0.2) is 13.4 Å². The molecule has 10 nitrogen and oxygen atoms in total. The summed E-state index contributed by atoms with van der Waals surface area (Å²) in [5.74, 6) is -4.39. The average molecular weight is 432 g/mol. The van der Waals surface area contributed by atoms with Gasteiger partial charge in [0.2, 0.25) is 0 Å². The molecule has 148 valence electrons. The molecule has 1 aliphatic rings. The number of benzene rings is 2. The van der Waals surface area contributed by atoms with Crippen molar-refractivity contribution in [2.75, 3.05) is 6.26 Å². The zero-order chi connectivity index (χ0) is 21.5. The number of carbonyl (C=O) groups is 2. The third-order valence-electron chi connectivity index (χ3n) is 4.07. The maximum absolute atomic E-state index is 13.0. The van der Waals surface area contributed by atoms with Crippen LogP contribution in [0.3, 0.4) is 0 Å². The highest BCUT2D eigenvalue weighted by Gasteiger charge is 2.39. The predicted molar refractivity (Wildman–Crippen MR) is 100 cm³/mol. The van der Waals surface area contributed by atoms with Gasteiger partial charge in [-0.3, -0.25) is 14.9 Å². The number of rotatable bonds is 2. The largest absolute Gasteiger partial charge is 0.744 e. The zero-order valence-corrected chi connectivity index (χ0v) is 16.1. The zero-order valence-electron chi connectivity index (χ0n) is 14.5. The van der Waals surface area contributed by atoms with Crippen LogP contribution in [0.15, 0.2) is 34.2 Å². The molecule has 1 aliphatic carbocycles. The van der Waals surface area contributed by atoms with Gasteiger partial charge in [0.15, 0.2) is 28.7 Å². The van der Waals surface area contributed by atoms with Gasteiger partial charge in [-0.2, -0.15) is 5.26 Å². The Kier molecular flexibility index (Phi) is 5.05. The van der Waals surface area contributed by atoms with Gasteiger partial charge in [0.05, 0.1) is 11.1 Å². The van der Waals surface area contributed by atoms with E-state index in [2.05, 4.69) is 10.3 Å². The van der Waals surface area contributed by atoms with Crippen LogP contribution in [-0.2, 0) is 10.1 Å². The highest BCUT2D eigenvalue weighted by Crippen LogP contribution is 2.49. The van der Waals surface area contributed by atoms with Crippen molar-refractivity contribution in [3.05, 3.63) is 46.5 Å². The van der Waals surface area contributed by atoms with Gasteiger partial charge >= 0.3 is 0 Å². The fourth-order valence-corrected chi connectivity index (χ4v) is 3.90. The number of hydrogen-bond acceptors (Lipinski definition) is 10. The Balaban J connectivity index is 2.52. The first kappa shape index (κ1) is 20.3. The van der Waals surface area contributed by atoms with Gasteiger partial charge in [0, 0.05) is 11.1 Å². The van der Waals surface area contributed by atoms with E-state index in [-0.39, 0.29) is 16.3 Å². The molecule has 29 heavy (non-hydrogen) atoms. The lowest BCUT2D eigenvalue weighted by Gasteiger charge is -2.23. The number of aliphatic imine (C=N–C) groups is 1. The molecule has 0 aliphatic heterocycles. The summed E-state index contributed by atoms with van der Waals surface area (Å²) in [5, 5.41) is 31.5. The summed E-state index contributed by atoms with van der Waals surface area (Å²) < 4.78 is 34.9. The molecule has 0 fully saturated rings. The molecule has 12 heteroatoms. The van der Waals surface area contributed by atoms with E-state index in [4.69, 9.17) is 5.26 Å². The molecule has 3 N–H and O–H groups in total. The molecule has 0 aromatic heterocycles. The van der Waals surface area contributed by atoms with Gasteiger partial charge in [-0.15, -0.1) is 0 Å². The Morgan fingerprint density at radius 3 is 2.17 bits per heavy atom. The van der Waals surface area contributed by atoms with E-state index >= 15 is 0 Å². The minimum absolute atomic E-state index is 0.0584. The number of hydrogen-bond donors (Lipinski definition) is 3. The number of nitriles is 1. The molecule has 0 heterocycles. The van der Waals surface area contributed by atoms with Crippen LogP contribution in [0.1, 0.15) is 31.8 Å². The summed E-state index contributed by atoms with van der Waals surface area (Å²) in [7, 11) is -5.47. The molecule has 0 amide bonds. The lowest BCUT2D eigenvalue weighted by Crippen LogP contribution is -2.23. The summed E-state index contributed by atoms with van der Waals surface area (Å²) in [4.78, 5) is 28.3. The van der Waals surface area contributed by atoms with Crippen molar-refractivity contribution in [3.63, 3.8) is 0 Å². The first-order valence-corrected chi connectivity index (χ1v) is 10.3. The second-order valence-electron chi connectivity index (χ2n) is 5.64. The van der Waals surface area contributed by atoms with Crippen LogP contribution >= 0.6 is 11.8 Å². The van der Waals surface area contributed by atoms with Gasteiger partial charge in [-0.05, 0) is 6.26 Å². The highest BCUT2D eigenvalue weighted by atomic mass is 32.2. The molecular weight excluding hydrogens is 422 g/mol. The molecule has 2 aromatic carbocycles. The van der Waals surface area contributed by atoms with Crippen molar-refractivity contribution in [3.8, 4) is 17.7 Å². The highest BCUT2D eigenvalue weighted by molar-refractivity contribution is 8.13. The van der Waals surface area contributed by atoms with Crippen LogP contribution in [0.5, 0.6) is 11.5 Å². The minimum atomic E-state index is -5.47. The van der Waals surface area contributed by atoms with E-state index in [0.29, 0.717) is 0 Å². The topological polar surface area (TPSA) is 180 Å². The summed E-state index contributed by atoms with van der Waals surface area (Å²) in [5.41, 5.74) is -2.25. The molecule has 0 saturated heterocycles. The number of aromatic hydroxyl groups is 2. The van der Waals surface area contributed by atoms with Crippen LogP contribution in [0.4, 0.5) is 5.69 Å². The summed E-state index contributed by atoms with van der Waals surface area (Å²) in [6.07, 6.45) is 3.05. The molecule has 0 saturated carbocycles. The fourth-order valence-electron chi connectivity index (χ4n) is 2.90. The maximum Gasteiger partial charge on any atom is 0.198 e. The van der Waals surface area contributed by atoms with E-state index in [9.17, 15) is 32.8 Å².